The third kappa shape index (κ3) is 1.58. The standard InChI is InChI=1S/C10H16O4/c1-9(2)13-7-4-6(11)5-10(3,12)8(7)14-9/h7-8,12H,4-5H2,1-3H3/t7-,8-,10+/m1/s1. The smallest absolute Gasteiger partial charge is 0.163 e. The van der Waals surface area contributed by atoms with Crippen LogP contribution in [-0.4, -0.2) is 34.5 Å². The van der Waals surface area contributed by atoms with Crippen molar-refractivity contribution in [2.45, 2.75) is 57.2 Å². The molecule has 0 amide bonds. The predicted molar refractivity (Wildman–Crippen MR) is 48.7 cm³/mol. The van der Waals surface area contributed by atoms with E-state index >= 15 is 0 Å². The summed E-state index contributed by atoms with van der Waals surface area (Å²) in [5.74, 6) is -0.651. The maximum Gasteiger partial charge on any atom is 0.163 e. The number of carbonyl (C=O) groups is 1. The Morgan fingerprint density at radius 3 is 2.64 bits per heavy atom. The molecule has 4 nitrogen and oxygen atoms in total. The lowest BCUT2D eigenvalue weighted by Crippen LogP contribution is -2.51. The van der Waals surface area contributed by atoms with Gasteiger partial charge in [-0.15, -0.1) is 0 Å². The number of ketones is 1. The molecule has 0 spiro atoms. The van der Waals surface area contributed by atoms with Crippen LogP contribution in [0.15, 0.2) is 0 Å². The van der Waals surface area contributed by atoms with Crippen LogP contribution in [0.25, 0.3) is 0 Å². The first-order valence-corrected chi connectivity index (χ1v) is 4.90. The molecule has 1 heterocycles. The summed E-state index contributed by atoms with van der Waals surface area (Å²) in [5.41, 5.74) is -1.09. The Hall–Kier alpha value is -0.450. The van der Waals surface area contributed by atoms with E-state index in [9.17, 15) is 9.90 Å². The van der Waals surface area contributed by atoms with Crippen molar-refractivity contribution in [3.05, 3.63) is 0 Å². The second-order valence-corrected chi connectivity index (χ2v) is 4.87. The second kappa shape index (κ2) is 2.78. The molecule has 2 fully saturated rings. The molecular weight excluding hydrogens is 184 g/mol. The van der Waals surface area contributed by atoms with Crippen LogP contribution in [0.2, 0.25) is 0 Å². The Morgan fingerprint density at radius 1 is 1.36 bits per heavy atom. The molecule has 4 heteroatoms. The van der Waals surface area contributed by atoms with E-state index in [0.717, 1.165) is 0 Å². The number of Topliss-reactive ketones (excluding diaryl/α,β-unsaturated/α-hetero) is 1. The molecule has 2 aliphatic rings. The van der Waals surface area contributed by atoms with Crippen molar-refractivity contribution in [2.24, 2.45) is 0 Å². The fourth-order valence-corrected chi connectivity index (χ4v) is 2.31. The third-order valence-electron chi connectivity index (χ3n) is 2.78. The Kier molecular flexibility index (Phi) is 2.00. The number of fused-ring (bicyclic) bond motifs is 1. The molecule has 0 aromatic heterocycles. The molecule has 14 heavy (non-hydrogen) atoms. The zero-order valence-electron chi connectivity index (χ0n) is 8.74. The van der Waals surface area contributed by atoms with Gasteiger partial charge in [-0.1, -0.05) is 0 Å². The van der Waals surface area contributed by atoms with Crippen molar-refractivity contribution in [1.82, 2.24) is 0 Å². The highest BCUT2D eigenvalue weighted by Gasteiger charge is 2.54. The fraction of sp³-hybridized carbons (Fsp3) is 0.900. The monoisotopic (exact) mass is 200 g/mol. The zero-order valence-corrected chi connectivity index (χ0v) is 8.74. The van der Waals surface area contributed by atoms with Crippen LogP contribution < -0.4 is 0 Å². The van der Waals surface area contributed by atoms with Crippen LogP contribution in [-0.2, 0) is 14.3 Å². The maximum atomic E-state index is 11.3. The molecule has 0 aromatic carbocycles. The first kappa shape index (κ1) is 10.1. The van der Waals surface area contributed by atoms with E-state index in [0.29, 0.717) is 6.42 Å². The average Bonchev–Trinajstić information content (AvgIpc) is 2.22. The van der Waals surface area contributed by atoms with Gasteiger partial charge in [-0.3, -0.25) is 4.79 Å². The molecular formula is C10H16O4. The largest absolute Gasteiger partial charge is 0.387 e. The Morgan fingerprint density at radius 2 is 2.00 bits per heavy atom. The van der Waals surface area contributed by atoms with Crippen LogP contribution in [0.5, 0.6) is 0 Å². The summed E-state index contributed by atoms with van der Waals surface area (Å²) in [6.45, 7) is 5.23. The van der Waals surface area contributed by atoms with Crippen molar-refractivity contribution >= 4 is 5.78 Å². The summed E-state index contributed by atoms with van der Waals surface area (Å²) in [5, 5.41) is 10.0. The summed E-state index contributed by atoms with van der Waals surface area (Å²) < 4.78 is 11.1. The molecule has 0 unspecified atom stereocenters. The molecule has 80 valence electrons. The third-order valence-corrected chi connectivity index (χ3v) is 2.78. The minimum Gasteiger partial charge on any atom is -0.387 e. The first-order valence-electron chi connectivity index (χ1n) is 4.90. The lowest BCUT2D eigenvalue weighted by atomic mass is 9.81. The molecule has 3 atom stereocenters. The molecule has 0 aromatic rings. The van der Waals surface area contributed by atoms with Crippen LogP contribution in [0.4, 0.5) is 0 Å². The van der Waals surface area contributed by atoms with Gasteiger partial charge in [0.2, 0.25) is 0 Å². The van der Waals surface area contributed by atoms with Crippen molar-refractivity contribution < 1.29 is 19.4 Å². The van der Waals surface area contributed by atoms with E-state index in [1.165, 1.54) is 0 Å². The Labute approximate surface area is 83.2 Å². The molecule has 1 aliphatic carbocycles. The van der Waals surface area contributed by atoms with Gasteiger partial charge in [-0.05, 0) is 20.8 Å². The Balaban J connectivity index is 2.24. The normalized spacial score (nSPS) is 46.4. The maximum absolute atomic E-state index is 11.3. The summed E-state index contributed by atoms with van der Waals surface area (Å²) in [4.78, 5) is 11.3. The van der Waals surface area contributed by atoms with Gasteiger partial charge in [0.1, 0.15) is 11.9 Å². The molecule has 0 bridgehead atoms. The topological polar surface area (TPSA) is 55.8 Å². The highest BCUT2D eigenvalue weighted by molar-refractivity contribution is 5.81. The van der Waals surface area contributed by atoms with Crippen molar-refractivity contribution in [3.8, 4) is 0 Å². The Bertz CT molecular complexity index is 269. The lowest BCUT2D eigenvalue weighted by Gasteiger charge is -2.35. The highest BCUT2D eigenvalue weighted by atomic mass is 16.8. The number of aliphatic hydroxyl groups is 1. The van der Waals surface area contributed by atoms with E-state index in [1.807, 2.05) is 0 Å². The number of carbonyl (C=O) groups excluding carboxylic acids is 1. The quantitative estimate of drug-likeness (QED) is 0.622. The van der Waals surface area contributed by atoms with E-state index < -0.39 is 11.4 Å². The molecule has 1 saturated carbocycles. The second-order valence-electron chi connectivity index (χ2n) is 4.87. The fourth-order valence-electron chi connectivity index (χ4n) is 2.31. The van der Waals surface area contributed by atoms with Crippen LogP contribution in [0.1, 0.15) is 33.6 Å². The van der Waals surface area contributed by atoms with Gasteiger partial charge in [-0.25, -0.2) is 0 Å². The van der Waals surface area contributed by atoms with Gasteiger partial charge < -0.3 is 14.6 Å². The van der Waals surface area contributed by atoms with E-state index in [1.54, 1.807) is 20.8 Å². The van der Waals surface area contributed by atoms with Gasteiger partial charge in [0.15, 0.2) is 5.79 Å². The molecule has 1 N–H and O–H groups in total. The first-order chi connectivity index (χ1) is 6.30. The van der Waals surface area contributed by atoms with Crippen LogP contribution in [0.3, 0.4) is 0 Å². The molecule has 1 aliphatic heterocycles. The number of hydrogen-bond donors (Lipinski definition) is 1. The van der Waals surface area contributed by atoms with Crippen molar-refractivity contribution in [2.75, 3.05) is 0 Å². The number of rotatable bonds is 0. The summed E-state index contributed by atoms with van der Waals surface area (Å²) in [7, 11) is 0. The van der Waals surface area contributed by atoms with Gasteiger partial charge in [0.05, 0.1) is 11.7 Å². The van der Waals surface area contributed by atoms with Crippen molar-refractivity contribution in [1.29, 1.82) is 0 Å². The summed E-state index contributed by atoms with van der Waals surface area (Å²) in [6.07, 6.45) is -0.158. The number of ether oxygens (including phenoxy) is 2. The highest BCUT2D eigenvalue weighted by Crippen LogP contribution is 2.40. The summed E-state index contributed by atoms with van der Waals surface area (Å²) >= 11 is 0. The van der Waals surface area contributed by atoms with Gasteiger partial charge in [0, 0.05) is 12.8 Å². The minimum absolute atomic E-state index is 0.0394. The van der Waals surface area contributed by atoms with Crippen LogP contribution >= 0.6 is 0 Å². The van der Waals surface area contributed by atoms with E-state index in [4.69, 9.17) is 9.47 Å². The molecule has 2 rings (SSSR count). The SMILES string of the molecule is CC1(C)O[C@@H]2[C@@H](CC(=O)C[C@]2(C)O)O1. The predicted octanol–water partition coefficient (Wildman–Crippen LogP) is 0.620. The number of hydrogen-bond acceptors (Lipinski definition) is 4. The van der Waals surface area contributed by atoms with Crippen molar-refractivity contribution in [3.63, 3.8) is 0 Å². The minimum atomic E-state index is -1.09. The average molecular weight is 200 g/mol. The van der Waals surface area contributed by atoms with Gasteiger partial charge >= 0.3 is 0 Å². The van der Waals surface area contributed by atoms with Gasteiger partial charge in [-0.2, -0.15) is 0 Å². The van der Waals surface area contributed by atoms with Crippen LogP contribution in [0, 0.1) is 0 Å². The summed E-state index contributed by atoms with van der Waals surface area (Å²) in [6, 6.07) is 0. The van der Waals surface area contributed by atoms with E-state index in [-0.39, 0.29) is 24.4 Å². The van der Waals surface area contributed by atoms with Gasteiger partial charge in [0.25, 0.3) is 0 Å². The van der Waals surface area contributed by atoms with E-state index in [2.05, 4.69) is 0 Å². The molecule has 1 saturated heterocycles. The lowest BCUT2D eigenvalue weighted by molar-refractivity contribution is -0.168. The zero-order chi connectivity index (χ0) is 10.6. The molecule has 0 radical (unpaired) electrons.